The van der Waals surface area contributed by atoms with Gasteiger partial charge in [0.1, 0.15) is 0 Å². The molecule has 0 spiro atoms. The summed E-state index contributed by atoms with van der Waals surface area (Å²) >= 11 is 17.8. The van der Waals surface area contributed by atoms with E-state index in [0.717, 1.165) is 0 Å². The summed E-state index contributed by atoms with van der Waals surface area (Å²) < 4.78 is 4.91. The van der Waals surface area contributed by atoms with E-state index in [9.17, 15) is 9.90 Å². The molecule has 2 aromatic rings. The minimum Gasteiger partial charge on any atom is -0.481 e. The van der Waals surface area contributed by atoms with Gasteiger partial charge in [-0.1, -0.05) is 34.8 Å². The molecule has 0 unspecified atom stereocenters. The number of benzene rings is 1. The van der Waals surface area contributed by atoms with E-state index >= 15 is 0 Å². The van der Waals surface area contributed by atoms with Crippen LogP contribution in [-0.4, -0.2) is 23.2 Å². The molecule has 0 bridgehead atoms. The monoisotopic (exact) mass is 331 g/mol. The van der Waals surface area contributed by atoms with Gasteiger partial charge in [0.25, 0.3) is 0 Å². The molecule has 0 aliphatic carbocycles. The molecule has 0 amide bonds. The number of methoxy groups -OCH3 is 1. The van der Waals surface area contributed by atoms with Crippen molar-refractivity contribution in [2.45, 2.75) is 0 Å². The summed E-state index contributed by atoms with van der Waals surface area (Å²) in [6.07, 6.45) is 0. The molecule has 1 heterocycles. The van der Waals surface area contributed by atoms with Crippen LogP contribution >= 0.6 is 34.8 Å². The third kappa shape index (κ3) is 2.82. The smallest absolute Gasteiger partial charge is 0.355 e. The zero-order valence-electron chi connectivity index (χ0n) is 10.2. The highest BCUT2D eigenvalue weighted by Gasteiger charge is 2.17. The van der Waals surface area contributed by atoms with Gasteiger partial charge in [-0.2, -0.15) is 0 Å². The van der Waals surface area contributed by atoms with Crippen molar-refractivity contribution in [1.82, 2.24) is 4.98 Å². The third-order valence-electron chi connectivity index (χ3n) is 2.58. The van der Waals surface area contributed by atoms with Gasteiger partial charge in [-0.25, -0.2) is 9.78 Å². The van der Waals surface area contributed by atoms with Crippen molar-refractivity contribution in [3.8, 4) is 17.0 Å². The minimum absolute atomic E-state index is 0.154. The summed E-state index contributed by atoms with van der Waals surface area (Å²) in [6.45, 7) is 0. The maximum absolute atomic E-state index is 11.3. The van der Waals surface area contributed by atoms with Crippen molar-refractivity contribution in [2.24, 2.45) is 0 Å². The first-order valence-electron chi connectivity index (χ1n) is 5.37. The number of carboxylic acid groups (broad SMARTS) is 1. The van der Waals surface area contributed by atoms with E-state index in [-0.39, 0.29) is 26.6 Å². The largest absolute Gasteiger partial charge is 0.481 e. The molecule has 0 saturated carbocycles. The van der Waals surface area contributed by atoms with Gasteiger partial charge in [-0.15, -0.1) is 0 Å². The van der Waals surface area contributed by atoms with Crippen molar-refractivity contribution < 1.29 is 14.6 Å². The standard InChI is InChI=1S/C13H8Cl3NO3/c1-20-10-3-2-7(12(17-10)13(18)19)6-4-8(14)11(16)9(15)5-6/h2-5H,1H3,(H,18,19). The minimum atomic E-state index is -1.18. The normalized spacial score (nSPS) is 10.4. The summed E-state index contributed by atoms with van der Waals surface area (Å²) in [7, 11) is 1.41. The van der Waals surface area contributed by atoms with Crippen LogP contribution in [0.5, 0.6) is 5.88 Å². The molecule has 0 radical (unpaired) electrons. The van der Waals surface area contributed by atoms with Crippen LogP contribution in [0.25, 0.3) is 11.1 Å². The van der Waals surface area contributed by atoms with E-state index in [4.69, 9.17) is 39.5 Å². The Balaban J connectivity index is 2.66. The summed E-state index contributed by atoms with van der Waals surface area (Å²) in [6, 6.07) is 6.20. The van der Waals surface area contributed by atoms with Gasteiger partial charge in [-0.05, 0) is 23.8 Å². The number of hydrogen-bond donors (Lipinski definition) is 1. The van der Waals surface area contributed by atoms with Crippen LogP contribution in [0.2, 0.25) is 15.1 Å². The summed E-state index contributed by atoms with van der Waals surface area (Å²) in [4.78, 5) is 15.2. The predicted molar refractivity (Wildman–Crippen MR) is 78.2 cm³/mol. The quantitative estimate of drug-likeness (QED) is 0.845. The number of carboxylic acids is 1. The van der Waals surface area contributed by atoms with Crippen molar-refractivity contribution >= 4 is 40.8 Å². The van der Waals surface area contributed by atoms with Gasteiger partial charge in [0, 0.05) is 11.6 Å². The number of halogens is 3. The van der Waals surface area contributed by atoms with Crippen LogP contribution in [-0.2, 0) is 0 Å². The Morgan fingerprint density at radius 1 is 1.20 bits per heavy atom. The third-order valence-corrected chi connectivity index (χ3v) is 3.77. The van der Waals surface area contributed by atoms with Gasteiger partial charge in [0.2, 0.25) is 5.88 Å². The van der Waals surface area contributed by atoms with E-state index in [1.165, 1.54) is 19.2 Å². The van der Waals surface area contributed by atoms with Crippen LogP contribution in [0.1, 0.15) is 10.5 Å². The van der Waals surface area contributed by atoms with Crippen molar-refractivity contribution in [3.05, 3.63) is 45.0 Å². The first kappa shape index (κ1) is 14.9. The highest BCUT2D eigenvalue weighted by molar-refractivity contribution is 6.48. The maximum Gasteiger partial charge on any atom is 0.355 e. The Morgan fingerprint density at radius 2 is 1.80 bits per heavy atom. The molecule has 4 nitrogen and oxygen atoms in total. The molecule has 0 saturated heterocycles. The number of carbonyl (C=O) groups is 1. The van der Waals surface area contributed by atoms with E-state index in [1.807, 2.05) is 0 Å². The van der Waals surface area contributed by atoms with Crippen LogP contribution in [0.15, 0.2) is 24.3 Å². The van der Waals surface area contributed by atoms with Crippen molar-refractivity contribution in [2.75, 3.05) is 7.11 Å². The molecule has 0 atom stereocenters. The fraction of sp³-hybridized carbons (Fsp3) is 0.0769. The number of ether oxygens (including phenoxy) is 1. The Kier molecular flexibility index (Phi) is 4.38. The van der Waals surface area contributed by atoms with Crippen molar-refractivity contribution in [1.29, 1.82) is 0 Å². The molecule has 20 heavy (non-hydrogen) atoms. The maximum atomic E-state index is 11.3. The number of aromatic nitrogens is 1. The lowest BCUT2D eigenvalue weighted by Gasteiger charge is -2.09. The fourth-order valence-corrected chi connectivity index (χ4v) is 2.26. The SMILES string of the molecule is COc1ccc(-c2cc(Cl)c(Cl)c(Cl)c2)c(C(=O)O)n1. The van der Waals surface area contributed by atoms with Gasteiger partial charge in [-0.3, -0.25) is 0 Å². The molecule has 1 N–H and O–H groups in total. The predicted octanol–water partition coefficient (Wildman–Crippen LogP) is 4.42. The second kappa shape index (κ2) is 5.87. The van der Waals surface area contributed by atoms with Crippen LogP contribution in [0.4, 0.5) is 0 Å². The molecule has 2 rings (SSSR count). The highest BCUT2D eigenvalue weighted by Crippen LogP contribution is 2.36. The number of pyridine rings is 1. The lowest BCUT2D eigenvalue weighted by molar-refractivity contribution is 0.0690. The number of nitrogens with zero attached hydrogens (tertiary/aromatic N) is 1. The summed E-state index contributed by atoms with van der Waals surface area (Å²) in [5.41, 5.74) is 0.731. The number of aromatic carboxylic acids is 1. The van der Waals surface area contributed by atoms with Gasteiger partial charge in [0.15, 0.2) is 5.69 Å². The topological polar surface area (TPSA) is 59.4 Å². The highest BCUT2D eigenvalue weighted by atomic mass is 35.5. The Hall–Kier alpha value is -1.49. The van der Waals surface area contributed by atoms with E-state index < -0.39 is 5.97 Å². The van der Waals surface area contributed by atoms with Gasteiger partial charge in [0.05, 0.1) is 22.2 Å². The molecular weight excluding hydrogens is 325 g/mol. The van der Waals surface area contributed by atoms with E-state index in [2.05, 4.69) is 4.98 Å². The Bertz CT molecular complexity index is 666. The van der Waals surface area contributed by atoms with E-state index in [1.54, 1.807) is 12.1 Å². The zero-order chi connectivity index (χ0) is 14.9. The number of rotatable bonds is 3. The lowest BCUT2D eigenvalue weighted by Crippen LogP contribution is -2.04. The molecular formula is C13H8Cl3NO3. The second-order valence-electron chi connectivity index (χ2n) is 3.81. The first-order valence-corrected chi connectivity index (χ1v) is 6.50. The van der Waals surface area contributed by atoms with Gasteiger partial charge < -0.3 is 9.84 Å². The lowest BCUT2D eigenvalue weighted by atomic mass is 10.0. The molecule has 0 aliphatic rings. The molecule has 7 heteroatoms. The fourth-order valence-electron chi connectivity index (χ4n) is 1.66. The second-order valence-corrected chi connectivity index (χ2v) is 5.00. The van der Waals surface area contributed by atoms with Crippen LogP contribution in [0.3, 0.4) is 0 Å². The summed E-state index contributed by atoms with van der Waals surface area (Å²) in [5.74, 6) is -0.974. The molecule has 1 aromatic heterocycles. The number of hydrogen-bond acceptors (Lipinski definition) is 3. The molecule has 1 aromatic carbocycles. The van der Waals surface area contributed by atoms with E-state index in [0.29, 0.717) is 11.1 Å². The summed E-state index contributed by atoms with van der Waals surface area (Å²) in [5, 5.41) is 9.92. The van der Waals surface area contributed by atoms with Crippen LogP contribution in [0, 0.1) is 0 Å². The first-order chi connectivity index (χ1) is 9.43. The van der Waals surface area contributed by atoms with Gasteiger partial charge >= 0.3 is 5.97 Å². The average molecular weight is 333 g/mol. The van der Waals surface area contributed by atoms with Crippen LogP contribution < -0.4 is 4.74 Å². The molecule has 104 valence electrons. The molecule has 0 fully saturated rings. The van der Waals surface area contributed by atoms with Crippen molar-refractivity contribution in [3.63, 3.8) is 0 Å². The Morgan fingerprint density at radius 3 is 2.30 bits per heavy atom. The zero-order valence-corrected chi connectivity index (χ0v) is 12.4. The average Bonchev–Trinajstić information content (AvgIpc) is 2.43. The molecule has 0 aliphatic heterocycles. The Labute approximate surface area is 129 Å².